The van der Waals surface area contributed by atoms with E-state index in [1.54, 1.807) is 0 Å². The number of carbonyl (C=O) groups is 1. The van der Waals surface area contributed by atoms with Crippen molar-refractivity contribution in [2.75, 3.05) is 11.9 Å². The number of unbranched alkanes of at least 4 members (excludes halogenated alkanes) is 5. The number of hydrogen-bond donors (Lipinski definition) is 1. The summed E-state index contributed by atoms with van der Waals surface area (Å²) in [7, 11) is 0. The molecule has 0 bridgehead atoms. The van der Waals surface area contributed by atoms with Gasteiger partial charge in [-0.05, 0) is 25.0 Å². The average molecular weight is 247 g/mol. The Bertz CT molecular complexity index is 360. The molecule has 0 aliphatic carbocycles. The normalized spacial score (nSPS) is 10.3. The second kappa shape index (κ2) is 8.73. The molecular weight excluding hydrogens is 222 g/mol. The Kier molecular flexibility index (Phi) is 7.16. The molecule has 0 saturated heterocycles. The summed E-state index contributed by atoms with van der Waals surface area (Å²) >= 11 is 0. The molecule has 18 heavy (non-hydrogen) atoms. The van der Waals surface area contributed by atoms with E-state index in [4.69, 9.17) is 0 Å². The molecule has 0 amide bonds. The molecule has 100 valence electrons. The van der Waals surface area contributed by atoms with E-state index < -0.39 is 0 Å². The van der Waals surface area contributed by atoms with Crippen LogP contribution in [0.5, 0.6) is 0 Å². The van der Waals surface area contributed by atoms with E-state index in [-0.39, 0.29) is 0 Å². The summed E-state index contributed by atoms with van der Waals surface area (Å²) in [4.78, 5) is 10.8. The lowest BCUT2D eigenvalue weighted by Gasteiger charge is -2.10. The third-order valence-corrected chi connectivity index (χ3v) is 3.35. The molecule has 2 nitrogen and oxygen atoms in total. The molecule has 1 aromatic rings. The number of hydrogen-bond acceptors (Lipinski definition) is 2. The number of carbonyl (C=O) groups excluding carboxylic acids is 1. The summed E-state index contributed by atoms with van der Waals surface area (Å²) in [6, 6.07) is 5.83. The van der Waals surface area contributed by atoms with Crippen LogP contribution in [-0.4, -0.2) is 12.8 Å². The van der Waals surface area contributed by atoms with Gasteiger partial charge in [0.2, 0.25) is 0 Å². The van der Waals surface area contributed by atoms with Crippen LogP contribution in [-0.2, 0) is 0 Å². The van der Waals surface area contributed by atoms with Crippen molar-refractivity contribution < 1.29 is 4.79 Å². The number of anilines is 1. The highest BCUT2D eigenvalue weighted by molar-refractivity contribution is 5.80. The Balaban J connectivity index is 2.25. The van der Waals surface area contributed by atoms with E-state index in [9.17, 15) is 4.79 Å². The first kappa shape index (κ1) is 14.7. The van der Waals surface area contributed by atoms with Gasteiger partial charge < -0.3 is 5.32 Å². The van der Waals surface area contributed by atoms with Gasteiger partial charge in [-0.2, -0.15) is 0 Å². The standard InChI is InChI=1S/C16H25NO/c1-3-4-5-6-7-8-12-17-16-11-9-10-15(13-18)14(16)2/h9-11,13,17H,3-8,12H2,1-2H3. The maximum atomic E-state index is 10.8. The summed E-state index contributed by atoms with van der Waals surface area (Å²) in [6.45, 7) is 5.23. The van der Waals surface area contributed by atoms with E-state index in [0.717, 1.165) is 29.6 Å². The van der Waals surface area contributed by atoms with Crippen molar-refractivity contribution >= 4 is 12.0 Å². The molecule has 0 radical (unpaired) electrons. The molecule has 0 heterocycles. The number of nitrogens with one attached hydrogen (secondary N) is 1. The Labute approximate surface area is 111 Å². The lowest BCUT2D eigenvalue weighted by Crippen LogP contribution is -2.04. The van der Waals surface area contributed by atoms with Gasteiger partial charge in [0.1, 0.15) is 6.29 Å². The summed E-state index contributed by atoms with van der Waals surface area (Å²) in [5.41, 5.74) is 2.93. The zero-order chi connectivity index (χ0) is 13.2. The van der Waals surface area contributed by atoms with Crippen LogP contribution in [0.15, 0.2) is 18.2 Å². The van der Waals surface area contributed by atoms with Crippen LogP contribution in [0.25, 0.3) is 0 Å². The van der Waals surface area contributed by atoms with Crippen LogP contribution in [0.3, 0.4) is 0 Å². The number of aldehydes is 1. The molecule has 0 saturated carbocycles. The number of benzene rings is 1. The van der Waals surface area contributed by atoms with Crippen LogP contribution < -0.4 is 5.32 Å². The summed E-state index contributed by atoms with van der Waals surface area (Å²) in [5, 5.41) is 3.42. The molecule has 0 aliphatic rings. The lowest BCUT2D eigenvalue weighted by molar-refractivity contribution is 0.112. The van der Waals surface area contributed by atoms with Gasteiger partial charge in [-0.15, -0.1) is 0 Å². The van der Waals surface area contributed by atoms with E-state index in [1.807, 2.05) is 25.1 Å². The molecular formula is C16H25NO. The highest BCUT2D eigenvalue weighted by Gasteiger charge is 2.01. The topological polar surface area (TPSA) is 29.1 Å². The van der Waals surface area contributed by atoms with Crippen molar-refractivity contribution in [3.8, 4) is 0 Å². The molecule has 1 rings (SSSR count). The van der Waals surface area contributed by atoms with E-state index in [0.29, 0.717) is 0 Å². The Morgan fingerprint density at radius 2 is 1.83 bits per heavy atom. The molecule has 1 aromatic carbocycles. The molecule has 0 fully saturated rings. The van der Waals surface area contributed by atoms with Crippen molar-refractivity contribution in [2.45, 2.75) is 52.4 Å². The maximum Gasteiger partial charge on any atom is 0.150 e. The molecule has 0 aromatic heterocycles. The quantitative estimate of drug-likeness (QED) is 0.511. The van der Waals surface area contributed by atoms with Gasteiger partial charge in [-0.3, -0.25) is 4.79 Å². The van der Waals surface area contributed by atoms with Crippen molar-refractivity contribution in [1.82, 2.24) is 0 Å². The molecule has 0 atom stereocenters. The smallest absolute Gasteiger partial charge is 0.150 e. The van der Waals surface area contributed by atoms with Crippen molar-refractivity contribution in [1.29, 1.82) is 0 Å². The third kappa shape index (κ3) is 4.91. The minimum atomic E-state index is 0.781. The zero-order valence-corrected chi connectivity index (χ0v) is 11.7. The third-order valence-electron chi connectivity index (χ3n) is 3.35. The van der Waals surface area contributed by atoms with Crippen LogP contribution in [0.4, 0.5) is 5.69 Å². The summed E-state index contributed by atoms with van der Waals surface area (Å²) in [6.07, 6.45) is 8.77. The van der Waals surface area contributed by atoms with Gasteiger partial charge in [-0.1, -0.05) is 51.2 Å². The average Bonchev–Trinajstić information content (AvgIpc) is 2.39. The van der Waals surface area contributed by atoms with E-state index in [2.05, 4.69) is 12.2 Å². The summed E-state index contributed by atoms with van der Waals surface area (Å²) in [5.74, 6) is 0. The first-order chi connectivity index (χ1) is 8.79. The molecule has 0 aliphatic heterocycles. The maximum absolute atomic E-state index is 10.8. The Morgan fingerprint density at radius 3 is 2.56 bits per heavy atom. The first-order valence-electron chi connectivity index (χ1n) is 7.08. The SMILES string of the molecule is CCCCCCCCNc1cccc(C=O)c1C. The van der Waals surface area contributed by atoms with Gasteiger partial charge >= 0.3 is 0 Å². The highest BCUT2D eigenvalue weighted by Crippen LogP contribution is 2.17. The monoisotopic (exact) mass is 247 g/mol. The number of rotatable bonds is 9. The van der Waals surface area contributed by atoms with Crippen molar-refractivity contribution in [3.63, 3.8) is 0 Å². The molecule has 1 N–H and O–H groups in total. The van der Waals surface area contributed by atoms with Crippen molar-refractivity contribution in [3.05, 3.63) is 29.3 Å². The minimum Gasteiger partial charge on any atom is -0.385 e. The summed E-state index contributed by atoms with van der Waals surface area (Å²) < 4.78 is 0. The van der Waals surface area contributed by atoms with Gasteiger partial charge in [0, 0.05) is 17.8 Å². The minimum absolute atomic E-state index is 0.781. The largest absolute Gasteiger partial charge is 0.385 e. The zero-order valence-electron chi connectivity index (χ0n) is 11.7. The van der Waals surface area contributed by atoms with Crippen LogP contribution in [0, 0.1) is 6.92 Å². The fourth-order valence-electron chi connectivity index (χ4n) is 2.10. The lowest BCUT2D eigenvalue weighted by atomic mass is 10.1. The predicted octanol–water partition coefficient (Wildman–Crippen LogP) is 4.58. The molecule has 0 spiro atoms. The van der Waals surface area contributed by atoms with Gasteiger partial charge in [-0.25, -0.2) is 0 Å². The fourth-order valence-corrected chi connectivity index (χ4v) is 2.10. The van der Waals surface area contributed by atoms with Crippen LogP contribution in [0.2, 0.25) is 0 Å². The van der Waals surface area contributed by atoms with Crippen LogP contribution >= 0.6 is 0 Å². The first-order valence-corrected chi connectivity index (χ1v) is 7.08. The fraction of sp³-hybridized carbons (Fsp3) is 0.562. The predicted molar refractivity (Wildman–Crippen MR) is 78.4 cm³/mol. The van der Waals surface area contributed by atoms with Gasteiger partial charge in [0.25, 0.3) is 0 Å². The second-order valence-electron chi connectivity index (χ2n) is 4.83. The highest BCUT2D eigenvalue weighted by atomic mass is 16.1. The van der Waals surface area contributed by atoms with Crippen LogP contribution in [0.1, 0.15) is 61.4 Å². The Hall–Kier alpha value is -1.31. The van der Waals surface area contributed by atoms with Gasteiger partial charge in [0.05, 0.1) is 0 Å². The van der Waals surface area contributed by atoms with Crippen molar-refractivity contribution in [2.24, 2.45) is 0 Å². The molecule has 0 unspecified atom stereocenters. The van der Waals surface area contributed by atoms with Gasteiger partial charge in [0.15, 0.2) is 0 Å². The van der Waals surface area contributed by atoms with E-state index in [1.165, 1.54) is 38.5 Å². The Morgan fingerprint density at radius 1 is 1.11 bits per heavy atom. The molecule has 2 heteroatoms. The second-order valence-corrected chi connectivity index (χ2v) is 4.83. The van der Waals surface area contributed by atoms with E-state index >= 15 is 0 Å².